The highest BCUT2D eigenvalue weighted by molar-refractivity contribution is 7.80. The third-order valence-corrected chi connectivity index (χ3v) is 4.23. The number of hydrogen-bond acceptors (Lipinski definition) is 1. The summed E-state index contributed by atoms with van der Waals surface area (Å²) in [7, 11) is 0. The predicted molar refractivity (Wildman–Crippen MR) is 72.7 cm³/mol. The molecular weight excluding hydrogens is 200 g/mol. The van der Waals surface area contributed by atoms with Crippen molar-refractivity contribution in [3.8, 4) is 0 Å². The van der Waals surface area contributed by atoms with E-state index in [9.17, 15) is 0 Å². The first-order chi connectivity index (χ1) is 7.29. The highest BCUT2D eigenvalue weighted by atomic mass is 32.1. The van der Waals surface area contributed by atoms with E-state index in [-0.39, 0.29) is 0 Å². The topological polar surface area (TPSA) is 0 Å². The molecule has 0 saturated heterocycles. The Balaban J connectivity index is 2.21. The third-order valence-electron chi connectivity index (χ3n) is 3.72. The second-order valence-corrected chi connectivity index (χ2v) is 6.12. The van der Waals surface area contributed by atoms with Gasteiger partial charge in [0.15, 0.2) is 0 Å². The van der Waals surface area contributed by atoms with Gasteiger partial charge in [-0.3, -0.25) is 0 Å². The van der Waals surface area contributed by atoms with E-state index in [1.807, 2.05) is 0 Å². The summed E-state index contributed by atoms with van der Waals surface area (Å²) in [4.78, 5) is 0. The first-order valence-electron chi connectivity index (χ1n) is 6.97. The smallest absolute Gasteiger partial charge is 0.00168 e. The molecule has 2 atom stereocenters. The van der Waals surface area contributed by atoms with Crippen LogP contribution in [0.25, 0.3) is 0 Å². The first-order valence-corrected chi connectivity index (χ1v) is 7.48. The van der Waals surface area contributed by atoms with Gasteiger partial charge in [-0.2, -0.15) is 12.6 Å². The summed E-state index contributed by atoms with van der Waals surface area (Å²) in [5.41, 5.74) is 0. The van der Waals surface area contributed by atoms with Gasteiger partial charge in [0, 0.05) is 5.25 Å². The van der Waals surface area contributed by atoms with Gasteiger partial charge >= 0.3 is 0 Å². The molecule has 1 aliphatic rings. The monoisotopic (exact) mass is 228 g/mol. The predicted octanol–water partition coefficient (Wildman–Crippen LogP) is 5.23. The Morgan fingerprint density at radius 1 is 0.667 bits per heavy atom. The van der Waals surface area contributed by atoms with Gasteiger partial charge in [0.05, 0.1) is 0 Å². The minimum Gasteiger partial charge on any atom is -0.176 e. The maximum atomic E-state index is 4.67. The fraction of sp³-hybridized carbons (Fsp3) is 1.00. The molecular formula is C14H28S. The molecule has 0 heterocycles. The average molecular weight is 228 g/mol. The van der Waals surface area contributed by atoms with Crippen molar-refractivity contribution in [2.45, 2.75) is 82.8 Å². The van der Waals surface area contributed by atoms with Crippen LogP contribution in [0.1, 0.15) is 77.6 Å². The second-order valence-electron chi connectivity index (χ2n) is 5.39. The van der Waals surface area contributed by atoms with Crippen molar-refractivity contribution in [1.29, 1.82) is 0 Å². The molecule has 0 N–H and O–H groups in total. The Labute approximate surface area is 102 Å². The lowest BCUT2D eigenvalue weighted by molar-refractivity contribution is 0.439. The van der Waals surface area contributed by atoms with E-state index < -0.39 is 0 Å². The molecule has 0 spiro atoms. The highest BCUT2D eigenvalue weighted by Gasteiger charge is 2.06. The van der Waals surface area contributed by atoms with Crippen LogP contribution in [-0.2, 0) is 0 Å². The van der Waals surface area contributed by atoms with Crippen LogP contribution in [0.15, 0.2) is 0 Å². The molecule has 15 heavy (non-hydrogen) atoms. The molecule has 0 aromatic heterocycles. The molecule has 0 radical (unpaired) electrons. The van der Waals surface area contributed by atoms with Crippen LogP contribution < -0.4 is 0 Å². The molecule has 90 valence electrons. The number of hydrogen-bond donors (Lipinski definition) is 1. The molecule has 1 heteroatoms. The highest BCUT2D eigenvalue weighted by Crippen LogP contribution is 2.22. The molecule has 2 unspecified atom stereocenters. The Kier molecular flexibility index (Phi) is 7.60. The average Bonchev–Trinajstić information content (AvgIpc) is 2.23. The fourth-order valence-corrected chi connectivity index (χ4v) is 2.93. The summed E-state index contributed by atoms with van der Waals surface area (Å²) >= 11 is 4.67. The molecule has 0 amide bonds. The number of thiol groups is 1. The van der Waals surface area contributed by atoms with Crippen LogP contribution in [-0.4, -0.2) is 5.25 Å². The van der Waals surface area contributed by atoms with Crippen LogP contribution in [0.3, 0.4) is 0 Å². The zero-order valence-corrected chi connectivity index (χ0v) is 11.3. The molecule has 0 aliphatic heterocycles. The zero-order chi connectivity index (χ0) is 10.9. The van der Waals surface area contributed by atoms with E-state index in [1.165, 1.54) is 70.6 Å². The molecule has 0 aromatic carbocycles. The summed E-state index contributed by atoms with van der Waals surface area (Å²) in [5, 5.41) is 0.682. The Hall–Kier alpha value is 0.350. The van der Waals surface area contributed by atoms with Crippen molar-refractivity contribution in [3.63, 3.8) is 0 Å². The van der Waals surface area contributed by atoms with Crippen molar-refractivity contribution in [1.82, 2.24) is 0 Å². The summed E-state index contributed by atoms with van der Waals surface area (Å²) in [6.45, 7) is 2.43. The summed E-state index contributed by atoms with van der Waals surface area (Å²) in [6.07, 6.45) is 15.6. The van der Waals surface area contributed by atoms with Gasteiger partial charge in [-0.05, 0) is 18.8 Å². The molecule has 0 bridgehead atoms. The summed E-state index contributed by atoms with van der Waals surface area (Å²) in [6, 6.07) is 0. The van der Waals surface area contributed by atoms with E-state index in [2.05, 4.69) is 19.6 Å². The van der Waals surface area contributed by atoms with Crippen molar-refractivity contribution >= 4 is 12.6 Å². The molecule has 1 saturated carbocycles. The second kappa shape index (κ2) is 8.50. The SMILES string of the molecule is CC1CCCCCCCC(S)CCCC1. The third kappa shape index (κ3) is 7.27. The molecule has 1 fully saturated rings. The first kappa shape index (κ1) is 13.4. The minimum atomic E-state index is 0.682. The maximum Gasteiger partial charge on any atom is 0.00168 e. The van der Waals surface area contributed by atoms with Gasteiger partial charge in [0.25, 0.3) is 0 Å². The molecule has 0 aromatic rings. The minimum absolute atomic E-state index is 0.682. The normalized spacial score (nSPS) is 32.4. The lowest BCUT2D eigenvalue weighted by Crippen LogP contribution is -1.99. The van der Waals surface area contributed by atoms with E-state index in [1.54, 1.807) is 0 Å². The molecule has 1 aliphatic carbocycles. The van der Waals surface area contributed by atoms with Gasteiger partial charge in [0.1, 0.15) is 0 Å². The van der Waals surface area contributed by atoms with Crippen molar-refractivity contribution in [2.75, 3.05) is 0 Å². The summed E-state index contributed by atoms with van der Waals surface area (Å²) in [5.74, 6) is 0.962. The van der Waals surface area contributed by atoms with Gasteiger partial charge in [-0.1, -0.05) is 64.7 Å². The van der Waals surface area contributed by atoms with Gasteiger partial charge < -0.3 is 0 Å². The summed E-state index contributed by atoms with van der Waals surface area (Å²) < 4.78 is 0. The van der Waals surface area contributed by atoms with Crippen LogP contribution >= 0.6 is 12.6 Å². The van der Waals surface area contributed by atoms with E-state index in [4.69, 9.17) is 0 Å². The largest absolute Gasteiger partial charge is 0.176 e. The van der Waals surface area contributed by atoms with Gasteiger partial charge in [-0.15, -0.1) is 0 Å². The van der Waals surface area contributed by atoms with E-state index >= 15 is 0 Å². The van der Waals surface area contributed by atoms with Crippen molar-refractivity contribution < 1.29 is 0 Å². The van der Waals surface area contributed by atoms with E-state index in [0.717, 1.165) is 5.92 Å². The quantitative estimate of drug-likeness (QED) is 0.540. The lowest BCUT2D eigenvalue weighted by atomic mass is 9.97. The van der Waals surface area contributed by atoms with Crippen LogP contribution in [0.4, 0.5) is 0 Å². The lowest BCUT2D eigenvalue weighted by Gasteiger charge is -2.11. The Bertz CT molecular complexity index is 128. The molecule has 0 nitrogen and oxygen atoms in total. The Morgan fingerprint density at radius 3 is 1.73 bits per heavy atom. The maximum absolute atomic E-state index is 4.67. The molecule has 1 rings (SSSR count). The van der Waals surface area contributed by atoms with Crippen molar-refractivity contribution in [3.05, 3.63) is 0 Å². The number of rotatable bonds is 0. The van der Waals surface area contributed by atoms with Crippen LogP contribution in [0.5, 0.6) is 0 Å². The van der Waals surface area contributed by atoms with Crippen LogP contribution in [0, 0.1) is 5.92 Å². The van der Waals surface area contributed by atoms with Gasteiger partial charge in [0.2, 0.25) is 0 Å². The zero-order valence-electron chi connectivity index (χ0n) is 10.4. The Morgan fingerprint density at radius 2 is 1.07 bits per heavy atom. The standard InChI is InChI=1S/C14H28S/c1-13-9-5-3-2-4-6-11-14(15)12-8-7-10-13/h13-15H,2-12H2,1H3. The van der Waals surface area contributed by atoms with Crippen molar-refractivity contribution in [2.24, 2.45) is 5.92 Å². The van der Waals surface area contributed by atoms with E-state index in [0.29, 0.717) is 5.25 Å². The fourth-order valence-electron chi connectivity index (χ4n) is 2.56. The van der Waals surface area contributed by atoms with Gasteiger partial charge in [-0.25, -0.2) is 0 Å². The van der Waals surface area contributed by atoms with Crippen LogP contribution in [0.2, 0.25) is 0 Å².